The highest BCUT2D eigenvalue weighted by atomic mass is 19.1. The summed E-state index contributed by atoms with van der Waals surface area (Å²) < 4.78 is 44.1. The number of hydrogen-bond acceptors (Lipinski definition) is 7. The molecule has 37 heavy (non-hydrogen) atoms. The van der Waals surface area contributed by atoms with Crippen LogP contribution in [0.25, 0.3) is 11.2 Å². The lowest BCUT2D eigenvalue weighted by Crippen LogP contribution is -2.35. The number of anilines is 3. The van der Waals surface area contributed by atoms with Crippen LogP contribution in [0, 0.1) is 29.3 Å². The molecule has 3 atom stereocenters. The van der Waals surface area contributed by atoms with E-state index in [4.69, 9.17) is 5.73 Å². The molecule has 198 valence electrons. The Kier molecular flexibility index (Phi) is 6.93. The van der Waals surface area contributed by atoms with Gasteiger partial charge in [-0.25, -0.2) is 23.1 Å². The summed E-state index contributed by atoms with van der Waals surface area (Å²) in [6, 6.07) is 1.02. The first-order valence-electron chi connectivity index (χ1n) is 12.6. The number of rotatable bonds is 6. The number of nitrogens with two attached hydrogens (primary N) is 1. The molecule has 2 heterocycles. The van der Waals surface area contributed by atoms with Gasteiger partial charge in [-0.15, -0.1) is 0 Å². The predicted molar refractivity (Wildman–Crippen MR) is 132 cm³/mol. The molecule has 1 amide bonds. The second kappa shape index (κ2) is 10.2. The number of aliphatic hydroxyl groups excluding tert-OH is 1. The molecule has 2 fully saturated rings. The van der Waals surface area contributed by atoms with Crippen LogP contribution in [0.4, 0.5) is 30.8 Å². The van der Waals surface area contributed by atoms with E-state index < -0.39 is 29.2 Å². The number of nitrogens with zero attached hydrogens (tertiary/aromatic N) is 4. The maximum atomic E-state index is 14.5. The number of amides is 1. The van der Waals surface area contributed by atoms with Gasteiger partial charge in [-0.05, 0) is 50.9 Å². The van der Waals surface area contributed by atoms with Gasteiger partial charge in [0.15, 0.2) is 17.3 Å². The number of nitrogens with one attached hydrogen (secondary N) is 2. The average Bonchev–Trinajstić information content (AvgIpc) is 3.21. The molecular formula is C25H30F3N7O2. The van der Waals surface area contributed by atoms with Crippen LogP contribution < -0.4 is 16.4 Å². The van der Waals surface area contributed by atoms with E-state index in [9.17, 15) is 23.1 Å². The maximum Gasteiger partial charge on any atom is 0.224 e. The molecule has 0 saturated heterocycles. The summed E-state index contributed by atoms with van der Waals surface area (Å²) in [6.07, 6.45) is 5.74. The van der Waals surface area contributed by atoms with Crippen molar-refractivity contribution in [1.82, 2.24) is 19.5 Å². The molecule has 2 aromatic heterocycles. The van der Waals surface area contributed by atoms with Crippen molar-refractivity contribution < 1.29 is 23.1 Å². The number of carbonyl (C=O) groups is 1. The monoisotopic (exact) mass is 517 g/mol. The van der Waals surface area contributed by atoms with Crippen LogP contribution in [0.1, 0.15) is 57.9 Å². The summed E-state index contributed by atoms with van der Waals surface area (Å²) >= 11 is 0. The largest absolute Gasteiger partial charge is 0.393 e. The second-order valence-electron chi connectivity index (χ2n) is 10.2. The molecule has 2 aliphatic carbocycles. The fourth-order valence-electron chi connectivity index (χ4n) is 5.40. The fraction of sp³-hybridized carbons (Fsp3) is 0.520. The standard InChI is InChI=1S/C25H30F3N7O2/c1-12-2-5-15(10-20(12)36)31-24-30-11-19-23(34-24)35(16-6-3-13(4-7-16)22(29)37)25(32-19)33-21-17(27)8-14(26)9-18(21)28/h8-9,11-13,15-16,20,36H,2-7,10H2,1H3,(H2,29,37)(H,32,33)(H,30,31,34)/t12-,13-,15-,16-,20-/m1/s1. The van der Waals surface area contributed by atoms with Crippen LogP contribution >= 0.6 is 0 Å². The van der Waals surface area contributed by atoms with Gasteiger partial charge in [-0.1, -0.05) is 6.92 Å². The highest BCUT2D eigenvalue weighted by Gasteiger charge is 2.30. The van der Waals surface area contributed by atoms with E-state index in [1.807, 2.05) is 6.92 Å². The van der Waals surface area contributed by atoms with Crippen LogP contribution in [0.5, 0.6) is 0 Å². The Hall–Kier alpha value is -3.41. The molecule has 0 unspecified atom stereocenters. The molecule has 2 aliphatic rings. The topological polar surface area (TPSA) is 131 Å². The van der Waals surface area contributed by atoms with Gasteiger partial charge in [0.25, 0.3) is 0 Å². The molecule has 0 bridgehead atoms. The summed E-state index contributed by atoms with van der Waals surface area (Å²) in [6.45, 7) is 2.02. The van der Waals surface area contributed by atoms with E-state index in [0.717, 1.165) is 12.8 Å². The number of carbonyl (C=O) groups excluding carboxylic acids is 1. The van der Waals surface area contributed by atoms with Gasteiger partial charge in [0.2, 0.25) is 17.8 Å². The molecule has 9 nitrogen and oxygen atoms in total. The molecule has 0 spiro atoms. The van der Waals surface area contributed by atoms with Crippen LogP contribution in [0.15, 0.2) is 18.3 Å². The number of hydrogen-bond donors (Lipinski definition) is 4. The number of fused-ring (bicyclic) bond motifs is 1. The molecule has 12 heteroatoms. The SMILES string of the molecule is C[C@@H]1CC[C@@H](Nc2ncc3nc(Nc4c(F)cc(F)cc4F)n([C@H]4CC[C@H](C(N)=O)CC4)c3n2)C[C@H]1O. The van der Waals surface area contributed by atoms with Gasteiger partial charge in [0.05, 0.1) is 12.3 Å². The predicted octanol–water partition coefficient (Wildman–Crippen LogP) is 4.17. The Morgan fingerprint density at radius 1 is 1.08 bits per heavy atom. The van der Waals surface area contributed by atoms with Crippen LogP contribution in [0.2, 0.25) is 0 Å². The smallest absolute Gasteiger partial charge is 0.224 e. The number of aromatic nitrogens is 4. The minimum absolute atomic E-state index is 0.00558. The summed E-state index contributed by atoms with van der Waals surface area (Å²) in [5.41, 5.74) is 5.83. The molecule has 5 N–H and O–H groups in total. The quantitative estimate of drug-likeness (QED) is 0.386. The minimum Gasteiger partial charge on any atom is -0.393 e. The highest BCUT2D eigenvalue weighted by Crippen LogP contribution is 2.37. The first-order valence-corrected chi connectivity index (χ1v) is 12.6. The van der Waals surface area contributed by atoms with Gasteiger partial charge in [-0.3, -0.25) is 9.36 Å². The zero-order chi connectivity index (χ0) is 26.3. The Morgan fingerprint density at radius 2 is 1.78 bits per heavy atom. The molecule has 0 radical (unpaired) electrons. The van der Waals surface area contributed by atoms with Gasteiger partial charge in [-0.2, -0.15) is 4.98 Å². The van der Waals surface area contributed by atoms with E-state index >= 15 is 0 Å². The van der Waals surface area contributed by atoms with Crippen molar-refractivity contribution in [1.29, 1.82) is 0 Å². The van der Waals surface area contributed by atoms with Gasteiger partial charge in [0.1, 0.15) is 17.0 Å². The third-order valence-corrected chi connectivity index (χ3v) is 7.63. The normalized spacial score (nSPS) is 26.2. The lowest BCUT2D eigenvalue weighted by molar-refractivity contribution is -0.122. The molecule has 1 aromatic carbocycles. The summed E-state index contributed by atoms with van der Waals surface area (Å²) in [4.78, 5) is 25.2. The van der Waals surface area contributed by atoms with Crippen LogP contribution in [0.3, 0.4) is 0 Å². The van der Waals surface area contributed by atoms with Crippen molar-refractivity contribution in [3.63, 3.8) is 0 Å². The van der Waals surface area contributed by atoms with Gasteiger partial charge < -0.3 is 21.5 Å². The Balaban J connectivity index is 1.50. The molecule has 3 aromatic rings. The number of halogens is 3. The summed E-state index contributed by atoms with van der Waals surface area (Å²) in [5.74, 6) is -3.06. The number of benzene rings is 1. The maximum absolute atomic E-state index is 14.5. The summed E-state index contributed by atoms with van der Waals surface area (Å²) in [5, 5.41) is 16.2. The third kappa shape index (κ3) is 5.20. The zero-order valence-electron chi connectivity index (χ0n) is 20.4. The van der Waals surface area contributed by atoms with E-state index in [2.05, 4.69) is 25.6 Å². The Morgan fingerprint density at radius 3 is 2.43 bits per heavy atom. The van der Waals surface area contributed by atoms with Crippen LogP contribution in [-0.2, 0) is 4.79 Å². The number of aliphatic hydroxyl groups is 1. The first-order chi connectivity index (χ1) is 17.7. The average molecular weight is 518 g/mol. The zero-order valence-corrected chi connectivity index (χ0v) is 20.4. The molecule has 2 saturated carbocycles. The number of imidazole rings is 1. The highest BCUT2D eigenvalue weighted by molar-refractivity contribution is 5.78. The van der Waals surface area contributed by atoms with Gasteiger partial charge >= 0.3 is 0 Å². The summed E-state index contributed by atoms with van der Waals surface area (Å²) in [7, 11) is 0. The first kappa shape index (κ1) is 25.2. The van der Waals surface area contributed by atoms with Gasteiger partial charge in [0, 0.05) is 30.1 Å². The van der Waals surface area contributed by atoms with Crippen molar-refractivity contribution in [3.05, 3.63) is 35.8 Å². The van der Waals surface area contributed by atoms with Crippen molar-refractivity contribution in [2.24, 2.45) is 17.6 Å². The van der Waals surface area contributed by atoms with Crippen molar-refractivity contribution in [2.75, 3.05) is 10.6 Å². The molecule has 5 rings (SSSR count). The van der Waals surface area contributed by atoms with E-state index in [1.54, 1.807) is 4.57 Å². The molecule has 0 aliphatic heterocycles. The van der Waals surface area contributed by atoms with Crippen molar-refractivity contribution in [3.8, 4) is 0 Å². The van der Waals surface area contributed by atoms with E-state index in [0.29, 0.717) is 61.3 Å². The second-order valence-corrected chi connectivity index (χ2v) is 10.2. The molecular weight excluding hydrogens is 487 g/mol. The minimum atomic E-state index is -1.09. The van der Waals surface area contributed by atoms with Crippen LogP contribution in [-0.4, -0.2) is 42.7 Å². The third-order valence-electron chi connectivity index (χ3n) is 7.63. The van der Waals surface area contributed by atoms with E-state index in [1.165, 1.54) is 6.20 Å². The lowest BCUT2D eigenvalue weighted by Gasteiger charge is -2.31. The number of primary amides is 1. The fourth-order valence-corrected chi connectivity index (χ4v) is 5.40. The van der Waals surface area contributed by atoms with Crippen molar-refractivity contribution >= 4 is 34.7 Å². The Bertz CT molecular complexity index is 1290. The Labute approximate surface area is 211 Å². The lowest BCUT2D eigenvalue weighted by atomic mass is 9.85. The van der Waals surface area contributed by atoms with Crippen molar-refractivity contribution in [2.45, 2.75) is 70.1 Å². The van der Waals surface area contributed by atoms with E-state index in [-0.39, 0.29) is 35.8 Å².